The smallest absolute Gasteiger partial charge is 0.310 e. The molecule has 1 rings (SSSR count). The lowest BCUT2D eigenvalue weighted by Gasteiger charge is -2.42. The van der Waals surface area contributed by atoms with E-state index in [-0.39, 0.29) is 11.9 Å². The molecule has 94 valence electrons. The minimum Gasteiger partial charge on any atom is -0.469 e. The van der Waals surface area contributed by atoms with Crippen molar-refractivity contribution in [3.63, 3.8) is 0 Å². The summed E-state index contributed by atoms with van der Waals surface area (Å²) < 4.78 is 4.96. The summed E-state index contributed by atoms with van der Waals surface area (Å²) in [5.74, 6) is 0.952. The van der Waals surface area contributed by atoms with Crippen LogP contribution in [0, 0.1) is 17.8 Å². The first-order valence-corrected chi connectivity index (χ1v) is 6.23. The summed E-state index contributed by atoms with van der Waals surface area (Å²) in [6, 6.07) is 0.334. The second kappa shape index (κ2) is 5.67. The molecular weight excluding hydrogens is 202 g/mol. The van der Waals surface area contributed by atoms with E-state index in [0.29, 0.717) is 17.9 Å². The Balaban J connectivity index is 2.82. The highest BCUT2D eigenvalue weighted by Gasteiger charge is 2.40. The van der Waals surface area contributed by atoms with E-state index in [1.165, 1.54) is 26.4 Å². The Morgan fingerprint density at radius 1 is 1.31 bits per heavy atom. The zero-order valence-corrected chi connectivity index (χ0v) is 11.2. The predicted molar refractivity (Wildman–Crippen MR) is 65.2 cm³/mol. The molecule has 0 amide bonds. The Morgan fingerprint density at radius 2 is 1.88 bits per heavy atom. The molecule has 0 aliphatic heterocycles. The summed E-state index contributed by atoms with van der Waals surface area (Å²) >= 11 is 0. The van der Waals surface area contributed by atoms with Crippen molar-refractivity contribution in [3.8, 4) is 0 Å². The minimum absolute atomic E-state index is 0.00491. The van der Waals surface area contributed by atoms with Gasteiger partial charge in [-0.15, -0.1) is 0 Å². The van der Waals surface area contributed by atoms with Crippen LogP contribution in [0.15, 0.2) is 0 Å². The highest BCUT2D eigenvalue weighted by Crippen LogP contribution is 2.37. The molecule has 1 saturated carbocycles. The number of ether oxygens (including phenoxy) is 1. The van der Waals surface area contributed by atoms with Crippen molar-refractivity contribution in [1.82, 2.24) is 4.90 Å². The van der Waals surface area contributed by atoms with Gasteiger partial charge in [-0.25, -0.2) is 0 Å². The molecule has 1 fully saturated rings. The molecule has 0 radical (unpaired) electrons. The Morgan fingerprint density at radius 3 is 2.12 bits per heavy atom. The van der Waals surface area contributed by atoms with Gasteiger partial charge in [-0.3, -0.25) is 4.79 Å². The second-order valence-corrected chi connectivity index (χ2v) is 5.44. The first-order valence-electron chi connectivity index (χ1n) is 6.23. The highest BCUT2D eigenvalue weighted by atomic mass is 16.5. The lowest BCUT2D eigenvalue weighted by molar-refractivity contribution is -0.151. The molecule has 16 heavy (non-hydrogen) atoms. The SMILES string of the molecule is COC(=O)C(C(C)C)C(C1CCC1)N(C)C. The van der Waals surface area contributed by atoms with Crippen LogP contribution in [0.2, 0.25) is 0 Å². The molecule has 1 aliphatic rings. The van der Waals surface area contributed by atoms with Gasteiger partial charge in [0.15, 0.2) is 0 Å². The molecule has 2 atom stereocenters. The van der Waals surface area contributed by atoms with E-state index >= 15 is 0 Å². The molecule has 0 N–H and O–H groups in total. The van der Waals surface area contributed by atoms with E-state index in [1.807, 2.05) is 0 Å². The van der Waals surface area contributed by atoms with Gasteiger partial charge in [-0.2, -0.15) is 0 Å². The quantitative estimate of drug-likeness (QED) is 0.674. The lowest BCUT2D eigenvalue weighted by Crippen LogP contribution is -2.49. The summed E-state index contributed by atoms with van der Waals surface area (Å²) in [5.41, 5.74) is 0. The molecule has 0 aromatic carbocycles. The number of carbonyl (C=O) groups excluding carboxylic acids is 1. The van der Waals surface area contributed by atoms with Gasteiger partial charge in [-0.1, -0.05) is 20.3 Å². The van der Waals surface area contributed by atoms with Gasteiger partial charge in [-0.05, 0) is 38.8 Å². The average Bonchev–Trinajstić information content (AvgIpc) is 2.12. The number of methoxy groups -OCH3 is 1. The van der Waals surface area contributed by atoms with Crippen LogP contribution in [-0.2, 0) is 9.53 Å². The topological polar surface area (TPSA) is 29.5 Å². The van der Waals surface area contributed by atoms with Crippen molar-refractivity contribution in [3.05, 3.63) is 0 Å². The average molecular weight is 227 g/mol. The maximum Gasteiger partial charge on any atom is 0.310 e. The van der Waals surface area contributed by atoms with E-state index in [2.05, 4.69) is 32.8 Å². The molecule has 3 nitrogen and oxygen atoms in total. The first kappa shape index (κ1) is 13.5. The molecule has 2 unspecified atom stereocenters. The van der Waals surface area contributed by atoms with Crippen molar-refractivity contribution >= 4 is 5.97 Å². The highest BCUT2D eigenvalue weighted by molar-refractivity contribution is 5.73. The van der Waals surface area contributed by atoms with Crippen LogP contribution >= 0.6 is 0 Å². The third-order valence-electron chi connectivity index (χ3n) is 3.79. The first-order chi connectivity index (χ1) is 7.49. The largest absolute Gasteiger partial charge is 0.469 e. The van der Waals surface area contributed by atoms with Crippen LogP contribution < -0.4 is 0 Å². The zero-order chi connectivity index (χ0) is 12.3. The Kier molecular flexibility index (Phi) is 4.78. The van der Waals surface area contributed by atoms with E-state index in [0.717, 1.165) is 0 Å². The molecule has 0 heterocycles. The summed E-state index contributed by atoms with van der Waals surface area (Å²) in [4.78, 5) is 14.1. The normalized spacial score (nSPS) is 20.7. The van der Waals surface area contributed by atoms with Gasteiger partial charge in [0.25, 0.3) is 0 Å². The molecule has 0 bridgehead atoms. The lowest BCUT2D eigenvalue weighted by atomic mass is 9.71. The van der Waals surface area contributed by atoms with Gasteiger partial charge in [0.2, 0.25) is 0 Å². The fourth-order valence-corrected chi connectivity index (χ4v) is 2.76. The maximum absolute atomic E-state index is 11.9. The predicted octanol–water partition coefficient (Wildman–Crippen LogP) is 2.16. The number of hydrogen-bond donors (Lipinski definition) is 0. The third kappa shape index (κ3) is 2.76. The number of esters is 1. The molecule has 1 aliphatic carbocycles. The van der Waals surface area contributed by atoms with Crippen LogP contribution in [-0.4, -0.2) is 38.1 Å². The van der Waals surface area contributed by atoms with E-state index < -0.39 is 0 Å². The van der Waals surface area contributed by atoms with Gasteiger partial charge >= 0.3 is 5.97 Å². The molecule has 0 saturated heterocycles. The van der Waals surface area contributed by atoms with Gasteiger partial charge in [0, 0.05) is 6.04 Å². The molecule has 0 aromatic rings. The zero-order valence-electron chi connectivity index (χ0n) is 11.2. The Labute approximate surface area is 99.1 Å². The second-order valence-electron chi connectivity index (χ2n) is 5.44. The summed E-state index contributed by atoms with van der Waals surface area (Å²) in [6.45, 7) is 4.22. The van der Waals surface area contributed by atoms with Crippen molar-refractivity contribution in [2.45, 2.75) is 39.2 Å². The fraction of sp³-hybridized carbons (Fsp3) is 0.923. The van der Waals surface area contributed by atoms with Crippen LogP contribution in [0.1, 0.15) is 33.1 Å². The van der Waals surface area contributed by atoms with Gasteiger partial charge in [0.1, 0.15) is 0 Å². The number of rotatable bonds is 5. The summed E-state index contributed by atoms with van der Waals surface area (Å²) in [5, 5.41) is 0. The number of hydrogen-bond acceptors (Lipinski definition) is 3. The summed E-state index contributed by atoms with van der Waals surface area (Å²) in [7, 11) is 5.63. The monoisotopic (exact) mass is 227 g/mol. The molecular formula is C13H25NO2. The van der Waals surface area contributed by atoms with Crippen molar-refractivity contribution in [1.29, 1.82) is 0 Å². The van der Waals surface area contributed by atoms with Crippen molar-refractivity contribution in [2.24, 2.45) is 17.8 Å². The van der Waals surface area contributed by atoms with Crippen LogP contribution in [0.3, 0.4) is 0 Å². The number of carbonyl (C=O) groups is 1. The maximum atomic E-state index is 11.9. The van der Waals surface area contributed by atoms with Crippen LogP contribution in [0.4, 0.5) is 0 Å². The van der Waals surface area contributed by atoms with Gasteiger partial charge in [0.05, 0.1) is 13.0 Å². The standard InChI is InChI=1S/C13H25NO2/c1-9(2)11(13(15)16-5)12(14(3)4)10-7-6-8-10/h9-12H,6-8H2,1-5H3. The fourth-order valence-electron chi connectivity index (χ4n) is 2.76. The molecule has 3 heteroatoms. The molecule has 0 aromatic heterocycles. The minimum atomic E-state index is -0.0550. The van der Waals surface area contributed by atoms with Crippen LogP contribution in [0.5, 0.6) is 0 Å². The van der Waals surface area contributed by atoms with Gasteiger partial charge < -0.3 is 9.64 Å². The van der Waals surface area contributed by atoms with E-state index in [9.17, 15) is 4.79 Å². The number of nitrogens with zero attached hydrogens (tertiary/aromatic N) is 1. The van der Waals surface area contributed by atoms with E-state index in [4.69, 9.17) is 4.74 Å². The molecule has 0 spiro atoms. The Hall–Kier alpha value is -0.570. The summed E-state index contributed by atoms with van der Waals surface area (Å²) in [6.07, 6.45) is 3.81. The van der Waals surface area contributed by atoms with Crippen LogP contribution in [0.25, 0.3) is 0 Å². The van der Waals surface area contributed by atoms with Crippen molar-refractivity contribution < 1.29 is 9.53 Å². The van der Waals surface area contributed by atoms with E-state index in [1.54, 1.807) is 0 Å². The Bertz CT molecular complexity index is 234. The third-order valence-corrected chi connectivity index (χ3v) is 3.79. The van der Waals surface area contributed by atoms with Crippen molar-refractivity contribution in [2.75, 3.05) is 21.2 Å².